The Labute approximate surface area is 180 Å². The minimum absolute atomic E-state index is 0.0811. The molecule has 5 rings (SSSR count). The van der Waals surface area contributed by atoms with Crippen LogP contribution in [0.1, 0.15) is 17.0 Å². The summed E-state index contributed by atoms with van der Waals surface area (Å²) in [5, 5.41) is 19.6. The Hall–Kier alpha value is -2.49. The van der Waals surface area contributed by atoms with Crippen molar-refractivity contribution in [3.63, 3.8) is 0 Å². The number of phenols is 1. The van der Waals surface area contributed by atoms with Gasteiger partial charge in [-0.05, 0) is 43.6 Å². The van der Waals surface area contributed by atoms with Crippen LogP contribution in [0.3, 0.4) is 0 Å². The van der Waals surface area contributed by atoms with E-state index in [2.05, 4.69) is 22.4 Å². The van der Waals surface area contributed by atoms with E-state index in [1.54, 1.807) is 23.5 Å². The van der Waals surface area contributed by atoms with E-state index in [1.807, 2.05) is 6.07 Å². The molecule has 1 aromatic carbocycles. The van der Waals surface area contributed by atoms with Gasteiger partial charge in [-0.1, -0.05) is 28.7 Å². The Balaban J connectivity index is 1.39. The first-order valence-electron chi connectivity index (χ1n) is 10.9. The number of fused-ring (bicyclic) bond motifs is 1. The number of thiazole rings is 2. The topological polar surface area (TPSA) is 79.1 Å². The minimum atomic E-state index is -2.33. The molecule has 1 aliphatic rings. The van der Waals surface area contributed by atoms with E-state index in [0.29, 0.717) is 27.7 Å². The lowest BCUT2D eigenvalue weighted by Gasteiger charge is -2.31. The molecule has 0 saturated carbocycles. The van der Waals surface area contributed by atoms with Gasteiger partial charge in [-0.25, -0.2) is 9.97 Å². The molecule has 7 nitrogen and oxygen atoms in total. The number of anilines is 1. The molecule has 1 saturated heterocycles. The van der Waals surface area contributed by atoms with Crippen LogP contribution in [0.15, 0.2) is 30.6 Å². The van der Waals surface area contributed by atoms with Gasteiger partial charge in [0.25, 0.3) is 0 Å². The van der Waals surface area contributed by atoms with Gasteiger partial charge in [0.1, 0.15) is 10.8 Å². The van der Waals surface area contributed by atoms with Crippen molar-refractivity contribution in [2.75, 3.05) is 25.0 Å². The largest absolute Gasteiger partial charge is 0.507 e. The van der Waals surface area contributed by atoms with Crippen molar-refractivity contribution >= 4 is 37.5 Å². The number of nitrogens with one attached hydrogen (secondary N) is 1. The lowest BCUT2D eigenvalue weighted by atomic mass is 10.1. The predicted octanol–water partition coefficient (Wildman–Crippen LogP) is 3.71. The van der Waals surface area contributed by atoms with Gasteiger partial charge in [-0.15, -0.1) is 0 Å². The Morgan fingerprint density at radius 3 is 2.76 bits per heavy atom. The van der Waals surface area contributed by atoms with Crippen molar-refractivity contribution in [2.24, 2.45) is 6.98 Å². The summed E-state index contributed by atoms with van der Waals surface area (Å²) in [5.74, 6) is 0.0811. The molecule has 1 fully saturated rings. The van der Waals surface area contributed by atoms with Gasteiger partial charge in [0.2, 0.25) is 0 Å². The molecule has 0 bridgehead atoms. The van der Waals surface area contributed by atoms with Gasteiger partial charge in [0.15, 0.2) is 14.8 Å². The Morgan fingerprint density at radius 2 is 2.03 bits per heavy atom. The zero-order valence-corrected chi connectivity index (χ0v) is 17.4. The molecule has 4 aromatic rings. The van der Waals surface area contributed by atoms with E-state index in [4.69, 9.17) is 14.1 Å². The van der Waals surface area contributed by atoms with Crippen LogP contribution in [0.2, 0.25) is 0 Å². The van der Waals surface area contributed by atoms with Crippen LogP contribution in [-0.4, -0.2) is 51.0 Å². The SMILES string of the molecule is [2H]C([2H])([2H])n1cc(-c2ccc(-c3nc4sc(N(C)C5CCNCC5)nc4s3)c(O)c2)cn1. The van der Waals surface area contributed by atoms with Crippen molar-refractivity contribution < 1.29 is 9.22 Å². The first-order chi connectivity index (χ1) is 15.3. The molecule has 2 N–H and O–H groups in total. The molecule has 150 valence electrons. The average Bonchev–Trinajstić information content (AvgIpc) is 3.48. The Morgan fingerprint density at radius 1 is 1.21 bits per heavy atom. The van der Waals surface area contributed by atoms with Crippen LogP contribution < -0.4 is 10.2 Å². The highest BCUT2D eigenvalue weighted by molar-refractivity contribution is 7.29. The van der Waals surface area contributed by atoms with E-state index in [-0.39, 0.29) is 5.75 Å². The summed E-state index contributed by atoms with van der Waals surface area (Å²) in [5.41, 5.74) is 1.93. The molecular formula is C20H22N6OS2. The van der Waals surface area contributed by atoms with Crippen LogP contribution in [0.25, 0.3) is 31.4 Å². The summed E-state index contributed by atoms with van der Waals surface area (Å²) >= 11 is 3.03. The van der Waals surface area contributed by atoms with Crippen LogP contribution >= 0.6 is 22.7 Å². The Kier molecular flexibility index (Phi) is 3.92. The highest BCUT2D eigenvalue weighted by atomic mass is 32.1. The molecule has 1 aliphatic heterocycles. The highest BCUT2D eigenvalue weighted by Crippen LogP contribution is 2.40. The van der Waals surface area contributed by atoms with E-state index in [0.717, 1.165) is 45.4 Å². The monoisotopic (exact) mass is 429 g/mol. The first kappa shape index (κ1) is 15.4. The number of aryl methyl sites for hydroxylation is 1. The van der Waals surface area contributed by atoms with E-state index in [1.165, 1.54) is 23.7 Å². The van der Waals surface area contributed by atoms with Crippen LogP contribution in [-0.2, 0) is 6.98 Å². The van der Waals surface area contributed by atoms with Crippen molar-refractivity contribution in [2.45, 2.75) is 18.9 Å². The van der Waals surface area contributed by atoms with E-state index < -0.39 is 6.98 Å². The normalized spacial score (nSPS) is 17.2. The van der Waals surface area contributed by atoms with Crippen LogP contribution in [0.4, 0.5) is 5.13 Å². The molecule has 0 spiro atoms. The van der Waals surface area contributed by atoms with Gasteiger partial charge in [-0.3, -0.25) is 4.68 Å². The second kappa shape index (κ2) is 7.40. The summed E-state index contributed by atoms with van der Waals surface area (Å²) in [6.45, 7) is -0.270. The average molecular weight is 430 g/mol. The third kappa shape index (κ3) is 3.50. The number of hydrogen-bond acceptors (Lipinski definition) is 8. The van der Waals surface area contributed by atoms with Crippen molar-refractivity contribution in [1.29, 1.82) is 0 Å². The van der Waals surface area contributed by atoms with Crippen molar-refractivity contribution in [3.8, 4) is 27.4 Å². The summed E-state index contributed by atoms with van der Waals surface area (Å²) in [4.78, 5) is 13.5. The van der Waals surface area contributed by atoms with Gasteiger partial charge in [0, 0.05) is 35.9 Å². The van der Waals surface area contributed by atoms with Crippen LogP contribution in [0, 0.1) is 0 Å². The van der Waals surface area contributed by atoms with Crippen LogP contribution in [0.5, 0.6) is 5.75 Å². The van der Waals surface area contributed by atoms with Crippen molar-refractivity contribution in [1.82, 2.24) is 25.1 Å². The lowest BCUT2D eigenvalue weighted by molar-refractivity contribution is 0.443. The van der Waals surface area contributed by atoms with Gasteiger partial charge >= 0.3 is 0 Å². The van der Waals surface area contributed by atoms with Crippen molar-refractivity contribution in [3.05, 3.63) is 30.6 Å². The Bertz CT molecular complexity index is 1230. The zero-order chi connectivity index (χ0) is 22.5. The van der Waals surface area contributed by atoms with Gasteiger partial charge < -0.3 is 15.3 Å². The second-order valence-corrected chi connectivity index (χ2v) is 9.06. The molecule has 0 atom stereocenters. The number of aromatic hydroxyl groups is 1. The number of rotatable bonds is 4. The minimum Gasteiger partial charge on any atom is -0.507 e. The standard InChI is InChI=1S/C20H22N6OS2/c1-25-11-13(10-22-25)12-3-4-15(16(27)9-12)17-23-18-19(28-17)24-20(29-18)26(2)14-5-7-21-8-6-14/h3-4,9-11,14,21,27H,5-8H2,1-2H3/i1D3. The maximum absolute atomic E-state index is 10.6. The lowest BCUT2D eigenvalue weighted by Crippen LogP contribution is -2.41. The first-order valence-corrected chi connectivity index (χ1v) is 11.0. The molecule has 0 unspecified atom stereocenters. The predicted molar refractivity (Wildman–Crippen MR) is 119 cm³/mol. The molecule has 9 heteroatoms. The number of piperidine rings is 1. The van der Waals surface area contributed by atoms with Gasteiger partial charge in [0.05, 0.1) is 11.8 Å². The molecule has 0 aliphatic carbocycles. The molecule has 29 heavy (non-hydrogen) atoms. The van der Waals surface area contributed by atoms with Gasteiger partial charge in [-0.2, -0.15) is 5.10 Å². The number of hydrogen-bond donors (Lipinski definition) is 2. The molecular weight excluding hydrogens is 404 g/mol. The fraction of sp³-hybridized carbons (Fsp3) is 0.350. The number of aromatic nitrogens is 4. The summed E-state index contributed by atoms with van der Waals surface area (Å²) in [7, 11) is 2.10. The quantitative estimate of drug-likeness (QED) is 0.515. The van der Waals surface area contributed by atoms with E-state index >= 15 is 0 Å². The third-order valence-electron chi connectivity index (χ3n) is 5.27. The highest BCUT2D eigenvalue weighted by Gasteiger charge is 2.22. The summed E-state index contributed by atoms with van der Waals surface area (Å²) in [6.07, 6.45) is 5.14. The summed E-state index contributed by atoms with van der Waals surface area (Å²) < 4.78 is 23.3. The maximum atomic E-state index is 10.6. The fourth-order valence-electron chi connectivity index (χ4n) is 3.61. The number of nitrogens with zero attached hydrogens (tertiary/aromatic N) is 5. The maximum Gasteiger partial charge on any atom is 0.188 e. The second-order valence-electron chi connectivity index (χ2n) is 7.12. The third-order valence-corrected chi connectivity index (χ3v) is 7.42. The molecule has 0 radical (unpaired) electrons. The fourth-order valence-corrected chi connectivity index (χ4v) is 5.72. The molecule has 3 aromatic heterocycles. The summed E-state index contributed by atoms with van der Waals surface area (Å²) in [6, 6.07) is 5.72. The smallest absolute Gasteiger partial charge is 0.188 e. The number of phenolic OH excluding ortho intramolecular Hbond substituents is 1. The zero-order valence-electron chi connectivity index (χ0n) is 18.8. The molecule has 0 amide bonds. The molecule has 4 heterocycles. The van der Waals surface area contributed by atoms with E-state index in [9.17, 15) is 5.11 Å². The number of benzene rings is 1.